The minimum Gasteiger partial charge on any atom is -0.392 e. The minimum atomic E-state index is -0.282. The van der Waals surface area contributed by atoms with Gasteiger partial charge in [-0.05, 0) is 24.5 Å². The number of fused-ring (bicyclic) bond motifs is 1. The fraction of sp³-hybridized carbons (Fsp3) is 0.500. The van der Waals surface area contributed by atoms with Gasteiger partial charge < -0.3 is 15.0 Å². The van der Waals surface area contributed by atoms with Crippen molar-refractivity contribution < 1.29 is 5.11 Å². The van der Waals surface area contributed by atoms with Crippen LogP contribution in [0.25, 0.3) is 10.9 Å². The van der Waals surface area contributed by atoms with Crippen molar-refractivity contribution >= 4 is 10.9 Å². The second kappa shape index (κ2) is 5.76. The molecule has 3 nitrogen and oxygen atoms in total. The summed E-state index contributed by atoms with van der Waals surface area (Å²) in [6.07, 6.45) is -0.282. The molecule has 0 radical (unpaired) electrons. The maximum atomic E-state index is 9.81. The second-order valence-corrected chi connectivity index (χ2v) is 5.59. The number of rotatable bonds is 5. The third-order valence-corrected chi connectivity index (χ3v) is 3.92. The highest BCUT2D eigenvalue weighted by Crippen LogP contribution is 2.24. The van der Waals surface area contributed by atoms with Crippen LogP contribution in [0.15, 0.2) is 24.3 Å². The van der Waals surface area contributed by atoms with Crippen molar-refractivity contribution in [3.63, 3.8) is 0 Å². The molecule has 1 atom stereocenters. The summed E-state index contributed by atoms with van der Waals surface area (Å²) >= 11 is 0. The highest BCUT2D eigenvalue weighted by atomic mass is 16.3. The number of hydrogen-bond acceptors (Lipinski definition) is 2. The number of para-hydroxylation sites is 1. The Hall–Kier alpha value is -1.32. The first-order valence-electron chi connectivity index (χ1n) is 6.94. The van der Waals surface area contributed by atoms with Gasteiger partial charge in [0, 0.05) is 36.7 Å². The molecule has 0 fully saturated rings. The smallest absolute Gasteiger partial charge is 0.0687 e. The standard InChI is InChI=1S/C16H24N2O/c1-11(2)16(19)10-17-9-15-12(3)13-7-5-6-8-14(13)18(15)4/h5-8,11,16-17,19H,9-10H2,1-4H3. The molecule has 0 aliphatic rings. The maximum Gasteiger partial charge on any atom is 0.0687 e. The molecular weight excluding hydrogens is 236 g/mol. The Labute approximate surface area is 115 Å². The molecule has 0 amide bonds. The summed E-state index contributed by atoms with van der Waals surface area (Å²) in [5.41, 5.74) is 3.88. The highest BCUT2D eigenvalue weighted by molar-refractivity contribution is 5.85. The summed E-state index contributed by atoms with van der Waals surface area (Å²) in [7, 11) is 2.10. The van der Waals surface area contributed by atoms with E-state index in [4.69, 9.17) is 0 Å². The fourth-order valence-corrected chi connectivity index (χ4v) is 2.46. The lowest BCUT2D eigenvalue weighted by Crippen LogP contribution is -2.30. The Kier molecular flexibility index (Phi) is 4.27. The number of nitrogens with one attached hydrogen (secondary N) is 1. The van der Waals surface area contributed by atoms with Crippen molar-refractivity contribution in [2.24, 2.45) is 13.0 Å². The van der Waals surface area contributed by atoms with Crippen molar-refractivity contribution in [1.29, 1.82) is 0 Å². The molecule has 19 heavy (non-hydrogen) atoms. The minimum absolute atomic E-state index is 0.282. The van der Waals surface area contributed by atoms with E-state index in [9.17, 15) is 5.11 Å². The first-order chi connectivity index (χ1) is 9.02. The zero-order valence-corrected chi connectivity index (χ0v) is 12.3. The van der Waals surface area contributed by atoms with Crippen molar-refractivity contribution in [1.82, 2.24) is 9.88 Å². The van der Waals surface area contributed by atoms with Gasteiger partial charge in [-0.2, -0.15) is 0 Å². The summed E-state index contributed by atoms with van der Waals surface area (Å²) in [6.45, 7) is 7.67. The summed E-state index contributed by atoms with van der Waals surface area (Å²) < 4.78 is 2.24. The van der Waals surface area contributed by atoms with Crippen molar-refractivity contribution in [2.75, 3.05) is 6.54 Å². The first-order valence-corrected chi connectivity index (χ1v) is 6.94. The molecule has 2 N–H and O–H groups in total. The van der Waals surface area contributed by atoms with Gasteiger partial charge in [0.2, 0.25) is 0 Å². The van der Waals surface area contributed by atoms with Crippen LogP contribution in [0, 0.1) is 12.8 Å². The van der Waals surface area contributed by atoms with E-state index in [1.54, 1.807) is 0 Å². The lowest BCUT2D eigenvalue weighted by atomic mass is 10.1. The number of aliphatic hydroxyl groups is 1. The van der Waals surface area contributed by atoms with Gasteiger partial charge in [-0.25, -0.2) is 0 Å². The van der Waals surface area contributed by atoms with Crippen molar-refractivity contribution in [3.05, 3.63) is 35.5 Å². The average molecular weight is 260 g/mol. The zero-order valence-electron chi connectivity index (χ0n) is 12.3. The van der Waals surface area contributed by atoms with E-state index in [-0.39, 0.29) is 6.10 Å². The number of hydrogen-bond donors (Lipinski definition) is 2. The quantitative estimate of drug-likeness (QED) is 0.867. The molecule has 104 valence electrons. The van der Waals surface area contributed by atoms with Gasteiger partial charge in [0.25, 0.3) is 0 Å². The van der Waals surface area contributed by atoms with Gasteiger partial charge in [-0.3, -0.25) is 0 Å². The Balaban J connectivity index is 2.13. The Bertz CT molecular complexity index is 518. The van der Waals surface area contributed by atoms with E-state index >= 15 is 0 Å². The first kappa shape index (κ1) is 14.1. The largest absolute Gasteiger partial charge is 0.392 e. The molecule has 1 heterocycles. The number of aryl methyl sites for hydroxylation is 2. The normalized spacial score (nSPS) is 13.4. The van der Waals surface area contributed by atoms with Crippen LogP contribution in [-0.2, 0) is 13.6 Å². The Morgan fingerprint density at radius 1 is 1.26 bits per heavy atom. The molecule has 0 bridgehead atoms. The SMILES string of the molecule is Cc1c(CNCC(O)C(C)C)n(C)c2ccccc12. The number of aromatic nitrogens is 1. The predicted octanol–water partition coefficient (Wildman–Crippen LogP) is 2.59. The van der Waals surface area contributed by atoms with Crippen LogP contribution in [0.2, 0.25) is 0 Å². The van der Waals surface area contributed by atoms with Crippen LogP contribution < -0.4 is 5.32 Å². The lowest BCUT2D eigenvalue weighted by Gasteiger charge is -2.15. The second-order valence-electron chi connectivity index (χ2n) is 5.59. The van der Waals surface area contributed by atoms with Crippen LogP contribution >= 0.6 is 0 Å². The van der Waals surface area contributed by atoms with E-state index < -0.39 is 0 Å². The Morgan fingerprint density at radius 3 is 2.58 bits per heavy atom. The number of nitrogens with zero attached hydrogens (tertiary/aromatic N) is 1. The molecule has 3 heteroatoms. The molecule has 2 rings (SSSR count). The molecule has 0 saturated carbocycles. The molecular formula is C16H24N2O. The highest BCUT2D eigenvalue weighted by Gasteiger charge is 2.12. The van der Waals surface area contributed by atoms with E-state index in [0.29, 0.717) is 12.5 Å². The molecule has 1 aromatic heterocycles. The zero-order chi connectivity index (χ0) is 14.0. The van der Waals surface area contributed by atoms with E-state index in [1.807, 2.05) is 13.8 Å². The number of aliphatic hydroxyl groups excluding tert-OH is 1. The topological polar surface area (TPSA) is 37.2 Å². The van der Waals surface area contributed by atoms with Crippen LogP contribution in [0.5, 0.6) is 0 Å². The number of benzene rings is 1. The van der Waals surface area contributed by atoms with Gasteiger partial charge in [0.1, 0.15) is 0 Å². The Morgan fingerprint density at radius 2 is 1.95 bits per heavy atom. The summed E-state index contributed by atoms with van der Waals surface area (Å²) in [5.74, 6) is 0.293. The van der Waals surface area contributed by atoms with E-state index in [1.165, 1.54) is 22.2 Å². The van der Waals surface area contributed by atoms with Crippen molar-refractivity contribution in [3.8, 4) is 0 Å². The van der Waals surface area contributed by atoms with Gasteiger partial charge >= 0.3 is 0 Å². The van der Waals surface area contributed by atoms with Gasteiger partial charge in [-0.15, -0.1) is 0 Å². The molecule has 2 aromatic rings. The van der Waals surface area contributed by atoms with Crippen molar-refractivity contribution in [2.45, 2.75) is 33.4 Å². The molecule has 0 aliphatic heterocycles. The van der Waals surface area contributed by atoms with E-state index in [0.717, 1.165) is 6.54 Å². The predicted molar refractivity (Wildman–Crippen MR) is 80.2 cm³/mol. The van der Waals surface area contributed by atoms with Crippen LogP contribution in [0.4, 0.5) is 0 Å². The van der Waals surface area contributed by atoms with E-state index in [2.05, 4.69) is 48.1 Å². The van der Waals surface area contributed by atoms with Crippen LogP contribution in [-0.4, -0.2) is 22.3 Å². The third kappa shape index (κ3) is 2.82. The lowest BCUT2D eigenvalue weighted by molar-refractivity contribution is 0.123. The van der Waals surface area contributed by atoms with Crippen LogP contribution in [0.1, 0.15) is 25.1 Å². The third-order valence-electron chi connectivity index (χ3n) is 3.92. The molecule has 0 spiro atoms. The van der Waals surface area contributed by atoms with Gasteiger partial charge in [0.15, 0.2) is 0 Å². The van der Waals surface area contributed by atoms with Gasteiger partial charge in [0.05, 0.1) is 6.10 Å². The molecule has 1 unspecified atom stereocenters. The average Bonchev–Trinajstić information content (AvgIpc) is 2.64. The molecule has 1 aromatic carbocycles. The van der Waals surface area contributed by atoms with Crippen LogP contribution in [0.3, 0.4) is 0 Å². The molecule has 0 saturated heterocycles. The fourth-order valence-electron chi connectivity index (χ4n) is 2.46. The summed E-state index contributed by atoms with van der Waals surface area (Å²) in [6, 6.07) is 8.46. The summed E-state index contributed by atoms with van der Waals surface area (Å²) in [5, 5.41) is 14.5. The molecule has 0 aliphatic carbocycles. The maximum absolute atomic E-state index is 9.81. The summed E-state index contributed by atoms with van der Waals surface area (Å²) in [4.78, 5) is 0. The van der Waals surface area contributed by atoms with Gasteiger partial charge in [-0.1, -0.05) is 32.0 Å². The monoisotopic (exact) mass is 260 g/mol.